The fourth-order valence-electron chi connectivity index (χ4n) is 4.19. The lowest BCUT2D eigenvalue weighted by atomic mass is 9.94. The minimum Gasteiger partial charge on any atom is -0.872 e. The molecule has 1 fully saturated rings. The molecule has 1 amide bonds. The first-order chi connectivity index (χ1) is 15.7. The maximum atomic E-state index is 13.5. The Kier molecular flexibility index (Phi) is 8.05. The second-order valence-corrected chi connectivity index (χ2v) is 8.85. The summed E-state index contributed by atoms with van der Waals surface area (Å²) >= 11 is 12.3. The molecule has 8 heteroatoms. The molecule has 0 aromatic heterocycles. The van der Waals surface area contributed by atoms with Crippen LogP contribution in [0.1, 0.15) is 36.6 Å². The number of halogens is 2. The van der Waals surface area contributed by atoms with Crippen molar-refractivity contribution >= 4 is 40.7 Å². The first-order valence-electron chi connectivity index (χ1n) is 10.9. The lowest BCUT2D eigenvalue weighted by Crippen LogP contribution is -3.12. The summed E-state index contributed by atoms with van der Waals surface area (Å²) in [4.78, 5) is 28.9. The molecule has 1 heterocycles. The Morgan fingerprint density at radius 3 is 2.36 bits per heavy atom. The lowest BCUT2D eigenvalue weighted by molar-refractivity contribution is -0.895. The number of rotatable bonds is 8. The number of benzene rings is 2. The van der Waals surface area contributed by atoms with Crippen LogP contribution in [0.25, 0.3) is 5.76 Å². The van der Waals surface area contributed by atoms with Crippen LogP contribution in [0, 0.1) is 6.92 Å². The van der Waals surface area contributed by atoms with E-state index in [-0.39, 0.29) is 5.57 Å². The Bertz CT molecular complexity index is 1100. The summed E-state index contributed by atoms with van der Waals surface area (Å²) in [5.41, 5.74) is 1.59. The highest BCUT2D eigenvalue weighted by atomic mass is 35.5. The summed E-state index contributed by atoms with van der Waals surface area (Å²) in [6.07, 6.45) is 0. The van der Waals surface area contributed by atoms with E-state index in [0.29, 0.717) is 40.0 Å². The Hall–Kier alpha value is -2.54. The number of Topliss-reactive ketones (excluding diaryl/α,β-unsaturated/α-hetero) is 1. The van der Waals surface area contributed by atoms with Crippen molar-refractivity contribution in [1.29, 1.82) is 0 Å². The fraction of sp³-hybridized carbons (Fsp3) is 0.360. The van der Waals surface area contributed by atoms with Gasteiger partial charge >= 0.3 is 0 Å². The number of methoxy groups -OCH3 is 1. The predicted molar refractivity (Wildman–Crippen MR) is 127 cm³/mol. The van der Waals surface area contributed by atoms with E-state index in [9.17, 15) is 14.7 Å². The molecule has 1 aliphatic heterocycles. The molecule has 0 aliphatic carbocycles. The van der Waals surface area contributed by atoms with Crippen molar-refractivity contribution in [3.8, 4) is 5.75 Å². The molecule has 1 unspecified atom stereocenters. The normalized spacial score (nSPS) is 17.8. The van der Waals surface area contributed by atoms with E-state index < -0.39 is 23.5 Å². The van der Waals surface area contributed by atoms with Gasteiger partial charge in [-0.3, -0.25) is 9.59 Å². The molecular formula is C25H28Cl2N2O4. The summed E-state index contributed by atoms with van der Waals surface area (Å²) in [5.74, 6) is -1.30. The number of hydrogen-bond donors (Lipinski definition) is 1. The smallest absolute Gasteiger partial charge is 0.295 e. The van der Waals surface area contributed by atoms with Crippen LogP contribution in [0.5, 0.6) is 5.75 Å². The summed E-state index contributed by atoms with van der Waals surface area (Å²) in [6.45, 7) is 8.74. The highest BCUT2D eigenvalue weighted by Gasteiger charge is 2.44. The van der Waals surface area contributed by atoms with Gasteiger partial charge in [0.15, 0.2) is 0 Å². The molecule has 1 N–H and O–H groups in total. The largest absolute Gasteiger partial charge is 0.872 e. The van der Waals surface area contributed by atoms with Crippen LogP contribution in [0.4, 0.5) is 0 Å². The summed E-state index contributed by atoms with van der Waals surface area (Å²) in [5, 5.41) is 14.2. The number of nitrogens with zero attached hydrogens (tertiary/aromatic N) is 1. The average molecular weight is 491 g/mol. The zero-order valence-electron chi connectivity index (χ0n) is 19.2. The molecule has 6 nitrogen and oxygen atoms in total. The number of amides is 1. The Morgan fingerprint density at radius 2 is 1.79 bits per heavy atom. The molecule has 1 saturated heterocycles. The number of likely N-dealkylation sites (N-methyl/N-ethyl adjacent to an activating group) is 1. The predicted octanol–water partition coefficient (Wildman–Crippen LogP) is 2.46. The first-order valence-corrected chi connectivity index (χ1v) is 11.7. The summed E-state index contributed by atoms with van der Waals surface area (Å²) < 4.78 is 5.27. The third-order valence-corrected chi connectivity index (χ3v) is 6.89. The maximum Gasteiger partial charge on any atom is 0.295 e. The van der Waals surface area contributed by atoms with Crippen molar-refractivity contribution in [1.82, 2.24) is 4.90 Å². The van der Waals surface area contributed by atoms with Crippen molar-refractivity contribution in [2.24, 2.45) is 0 Å². The minimum atomic E-state index is -0.829. The van der Waals surface area contributed by atoms with Gasteiger partial charge in [-0.25, -0.2) is 0 Å². The standard InChI is InChI=1S/C25H28Cl2N2O4/c1-5-28(6-2)11-12-29-22(16-7-9-18(26)19(27)14-16)21(24(31)25(29)32)23(30)17-8-10-20(33-4)15(3)13-17/h7-10,13-14,22,30H,5-6,11-12H2,1-4H3. The maximum absolute atomic E-state index is 13.5. The van der Waals surface area contributed by atoms with Gasteiger partial charge in [-0.2, -0.15) is 0 Å². The minimum absolute atomic E-state index is 0.0718. The second-order valence-electron chi connectivity index (χ2n) is 8.04. The molecule has 2 aromatic carbocycles. The van der Waals surface area contributed by atoms with Crippen LogP contribution in [0.3, 0.4) is 0 Å². The molecule has 2 aromatic rings. The second kappa shape index (κ2) is 10.6. The van der Waals surface area contributed by atoms with Gasteiger partial charge in [0.2, 0.25) is 5.78 Å². The van der Waals surface area contributed by atoms with Gasteiger partial charge in [0.1, 0.15) is 5.75 Å². The number of aryl methyl sites for hydroxylation is 1. The third-order valence-electron chi connectivity index (χ3n) is 6.15. The zero-order valence-corrected chi connectivity index (χ0v) is 20.7. The number of quaternary nitrogens is 1. The molecule has 0 bridgehead atoms. The van der Waals surface area contributed by atoms with Crippen molar-refractivity contribution in [3.05, 3.63) is 68.7 Å². The highest BCUT2D eigenvalue weighted by Crippen LogP contribution is 2.40. The van der Waals surface area contributed by atoms with E-state index in [1.54, 1.807) is 43.5 Å². The number of ether oxygens (including phenoxy) is 1. The summed E-state index contributed by atoms with van der Waals surface area (Å²) in [6, 6.07) is 9.05. The quantitative estimate of drug-likeness (QED) is 0.350. The molecule has 0 radical (unpaired) electrons. The van der Waals surface area contributed by atoms with E-state index in [1.807, 2.05) is 6.92 Å². The van der Waals surface area contributed by atoms with Crippen LogP contribution in [-0.2, 0) is 9.59 Å². The molecule has 33 heavy (non-hydrogen) atoms. The SMILES string of the molecule is CC[NH+](CC)CCN1C(=O)C(=O)C(=C([O-])c2ccc(OC)c(C)c2)C1c1ccc(Cl)c(Cl)c1. The van der Waals surface area contributed by atoms with Gasteiger partial charge in [0.25, 0.3) is 5.91 Å². The number of nitrogens with one attached hydrogen (secondary N) is 1. The molecule has 0 saturated carbocycles. The van der Waals surface area contributed by atoms with Crippen molar-refractivity contribution in [3.63, 3.8) is 0 Å². The van der Waals surface area contributed by atoms with E-state index in [4.69, 9.17) is 27.9 Å². The van der Waals surface area contributed by atoms with Crippen LogP contribution in [0.15, 0.2) is 42.0 Å². The van der Waals surface area contributed by atoms with Crippen molar-refractivity contribution in [2.75, 3.05) is 33.3 Å². The monoisotopic (exact) mass is 490 g/mol. The van der Waals surface area contributed by atoms with E-state index in [2.05, 4.69) is 13.8 Å². The number of carbonyl (C=O) groups excluding carboxylic acids is 2. The van der Waals surface area contributed by atoms with E-state index in [0.717, 1.165) is 18.7 Å². The van der Waals surface area contributed by atoms with E-state index in [1.165, 1.54) is 9.80 Å². The highest BCUT2D eigenvalue weighted by molar-refractivity contribution is 6.46. The Morgan fingerprint density at radius 1 is 1.09 bits per heavy atom. The number of ketones is 1. The molecule has 1 aliphatic rings. The number of likely N-dealkylation sites (tertiary alicyclic amines) is 1. The lowest BCUT2D eigenvalue weighted by Gasteiger charge is -2.29. The van der Waals surface area contributed by atoms with Crippen LogP contribution in [-0.4, -0.2) is 49.9 Å². The van der Waals surface area contributed by atoms with E-state index >= 15 is 0 Å². The number of carbonyl (C=O) groups is 2. The Labute approximate surface area is 204 Å². The van der Waals surface area contributed by atoms with Gasteiger partial charge < -0.3 is 19.6 Å². The first kappa shape index (κ1) is 25.1. The van der Waals surface area contributed by atoms with Crippen LogP contribution >= 0.6 is 23.2 Å². The fourth-order valence-corrected chi connectivity index (χ4v) is 4.49. The van der Waals surface area contributed by atoms with Gasteiger partial charge in [-0.15, -0.1) is 0 Å². The molecular weight excluding hydrogens is 463 g/mol. The summed E-state index contributed by atoms with van der Waals surface area (Å²) in [7, 11) is 1.55. The van der Waals surface area contributed by atoms with Crippen molar-refractivity contribution < 1.29 is 24.3 Å². The molecule has 1 atom stereocenters. The number of hydrogen-bond acceptors (Lipinski definition) is 4. The van der Waals surface area contributed by atoms with Gasteiger partial charge in [-0.1, -0.05) is 41.1 Å². The van der Waals surface area contributed by atoms with Crippen LogP contribution < -0.4 is 14.7 Å². The van der Waals surface area contributed by atoms with Gasteiger partial charge in [-0.05, 0) is 61.7 Å². The van der Waals surface area contributed by atoms with Crippen molar-refractivity contribution in [2.45, 2.75) is 26.8 Å². The van der Waals surface area contributed by atoms with Gasteiger partial charge in [0, 0.05) is 5.57 Å². The third kappa shape index (κ3) is 5.03. The molecule has 176 valence electrons. The van der Waals surface area contributed by atoms with Gasteiger partial charge in [0.05, 0.1) is 49.4 Å². The topological polar surface area (TPSA) is 74.1 Å². The average Bonchev–Trinajstić information content (AvgIpc) is 3.06. The zero-order chi connectivity index (χ0) is 24.3. The molecule has 3 rings (SSSR count). The molecule has 0 spiro atoms. The Balaban J connectivity index is 2.14. The van der Waals surface area contributed by atoms with Crippen LogP contribution in [0.2, 0.25) is 10.0 Å².